The van der Waals surface area contributed by atoms with Gasteiger partial charge < -0.3 is 5.11 Å². The number of hydrogen-bond acceptors (Lipinski definition) is 3. The van der Waals surface area contributed by atoms with Gasteiger partial charge in [0.15, 0.2) is 0 Å². The van der Waals surface area contributed by atoms with Crippen molar-refractivity contribution in [3.63, 3.8) is 0 Å². The van der Waals surface area contributed by atoms with Crippen LogP contribution in [-0.4, -0.2) is 21.5 Å². The fourth-order valence-electron chi connectivity index (χ4n) is 1.65. The van der Waals surface area contributed by atoms with Crippen LogP contribution in [0.25, 0.3) is 0 Å². The molecule has 0 aliphatic rings. The zero-order valence-electron chi connectivity index (χ0n) is 10.4. The molecule has 1 N–H and O–H groups in total. The van der Waals surface area contributed by atoms with E-state index in [1.165, 1.54) is 26.0 Å². The Morgan fingerprint density at radius 2 is 2.16 bits per heavy atom. The minimum absolute atomic E-state index is 0.124. The number of aliphatic carboxylic acids is 1. The van der Waals surface area contributed by atoms with E-state index in [9.17, 15) is 19.3 Å². The fraction of sp³-hybridized carbons (Fsp3) is 0.417. The predicted octanol–water partition coefficient (Wildman–Crippen LogP) is 3.09. The average molecular weight is 290 g/mol. The molecule has 1 aromatic carbocycles. The van der Waals surface area contributed by atoms with Gasteiger partial charge in [-0.1, -0.05) is 17.7 Å². The number of hydrogen-bond donors (Lipinski definition) is 1. The highest BCUT2D eigenvalue weighted by Crippen LogP contribution is 2.30. The normalized spacial score (nSPS) is 13.1. The Morgan fingerprint density at radius 3 is 2.58 bits per heavy atom. The first-order chi connectivity index (χ1) is 8.65. The van der Waals surface area contributed by atoms with Gasteiger partial charge in [0.1, 0.15) is 5.82 Å². The van der Waals surface area contributed by atoms with Crippen LogP contribution in [0.1, 0.15) is 31.7 Å². The largest absolute Gasteiger partial charge is 0.481 e. The quantitative estimate of drug-likeness (QED) is 0.667. The van der Waals surface area contributed by atoms with E-state index in [0.29, 0.717) is 0 Å². The van der Waals surface area contributed by atoms with E-state index in [1.807, 2.05) is 0 Å². The van der Waals surface area contributed by atoms with E-state index < -0.39 is 28.2 Å². The number of nitro groups is 1. The Hall–Kier alpha value is -1.69. The van der Waals surface area contributed by atoms with Gasteiger partial charge in [-0.05, 0) is 17.7 Å². The summed E-state index contributed by atoms with van der Waals surface area (Å²) in [5.41, 5.74) is -1.26. The van der Waals surface area contributed by atoms with Crippen molar-refractivity contribution in [3.8, 4) is 0 Å². The minimum atomic E-state index is -1.42. The fourth-order valence-corrected chi connectivity index (χ4v) is 1.77. The smallest absolute Gasteiger partial charge is 0.311 e. The second-order valence-electron chi connectivity index (χ2n) is 4.84. The highest BCUT2D eigenvalue weighted by Gasteiger charge is 2.37. The molecule has 0 bridgehead atoms. The third-order valence-electron chi connectivity index (χ3n) is 2.84. The van der Waals surface area contributed by atoms with E-state index in [0.717, 1.165) is 6.07 Å². The van der Waals surface area contributed by atoms with E-state index >= 15 is 0 Å². The Morgan fingerprint density at radius 1 is 1.58 bits per heavy atom. The Balaban J connectivity index is 3.11. The second kappa shape index (κ2) is 5.52. The topological polar surface area (TPSA) is 80.4 Å². The molecule has 19 heavy (non-hydrogen) atoms. The molecule has 0 radical (unpaired) electrons. The molecule has 1 aromatic rings. The SMILES string of the molecule is CC(C)(CC(C(=O)O)c1ccc(Cl)c(F)c1)[N+](=O)[O-]. The molecule has 0 fully saturated rings. The van der Waals surface area contributed by atoms with Gasteiger partial charge in [0.25, 0.3) is 0 Å². The molecule has 1 atom stereocenters. The second-order valence-corrected chi connectivity index (χ2v) is 5.25. The van der Waals surface area contributed by atoms with Crippen molar-refractivity contribution in [3.05, 3.63) is 44.7 Å². The molecule has 7 heteroatoms. The number of carboxylic acid groups (broad SMARTS) is 1. The van der Waals surface area contributed by atoms with Gasteiger partial charge in [-0.15, -0.1) is 0 Å². The number of carbonyl (C=O) groups is 1. The van der Waals surface area contributed by atoms with Crippen LogP contribution in [0.5, 0.6) is 0 Å². The maximum Gasteiger partial charge on any atom is 0.311 e. The van der Waals surface area contributed by atoms with Crippen molar-refractivity contribution in [2.24, 2.45) is 0 Å². The van der Waals surface area contributed by atoms with Gasteiger partial charge in [-0.25, -0.2) is 4.39 Å². The first kappa shape index (κ1) is 15.4. The number of nitrogens with zero attached hydrogens (tertiary/aromatic N) is 1. The van der Waals surface area contributed by atoms with Gasteiger partial charge in [-0.3, -0.25) is 14.9 Å². The summed E-state index contributed by atoms with van der Waals surface area (Å²) in [5, 5.41) is 19.9. The van der Waals surface area contributed by atoms with Crippen LogP contribution in [0.2, 0.25) is 5.02 Å². The molecule has 0 aromatic heterocycles. The maximum atomic E-state index is 13.3. The monoisotopic (exact) mass is 289 g/mol. The van der Waals surface area contributed by atoms with Crippen molar-refractivity contribution < 1.29 is 19.2 Å². The molecular weight excluding hydrogens is 277 g/mol. The standard InChI is InChI=1S/C12H13ClFNO4/c1-12(2,15(18)19)6-8(11(16)17)7-3-4-9(13)10(14)5-7/h3-5,8H,6H2,1-2H3,(H,16,17). The van der Waals surface area contributed by atoms with E-state index in [-0.39, 0.29) is 17.0 Å². The van der Waals surface area contributed by atoms with Gasteiger partial charge in [0.2, 0.25) is 5.54 Å². The molecule has 1 rings (SSSR count). The number of halogens is 2. The van der Waals surface area contributed by atoms with E-state index in [4.69, 9.17) is 16.7 Å². The maximum absolute atomic E-state index is 13.3. The summed E-state index contributed by atoms with van der Waals surface area (Å²) in [6.07, 6.45) is -0.240. The van der Waals surface area contributed by atoms with Gasteiger partial charge >= 0.3 is 5.97 Å². The predicted molar refractivity (Wildman–Crippen MR) is 67.5 cm³/mol. The van der Waals surface area contributed by atoms with Crippen molar-refractivity contribution >= 4 is 17.6 Å². The van der Waals surface area contributed by atoms with Gasteiger partial charge in [0.05, 0.1) is 10.9 Å². The van der Waals surface area contributed by atoms with E-state index in [2.05, 4.69) is 0 Å². The highest BCUT2D eigenvalue weighted by molar-refractivity contribution is 6.30. The molecule has 0 saturated carbocycles. The number of benzene rings is 1. The Labute approximate surface area is 114 Å². The molecule has 0 heterocycles. The van der Waals surface area contributed by atoms with Crippen LogP contribution in [0.15, 0.2) is 18.2 Å². The van der Waals surface area contributed by atoms with Crippen LogP contribution in [-0.2, 0) is 4.79 Å². The van der Waals surface area contributed by atoms with Gasteiger partial charge in [0, 0.05) is 25.2 Å². The zero-order valence-corrected chi connectivity index (χ0v) is 11.1. The van der Waals surface area contributed by atoms with Crippen molar-refractivity contribution in [2.75, 3.05) is 0 Å². The average Bonchev–Trinajstić information content (AvgIpc) is 2.29. The first-order valence-corrected chi connectivity index (χ1v) is 5.85. The van der Waals surface area contributed by atoms with Crippen LogP contribution < -0.4 is 0 Å². The van der Waals surface area contributed by atoms with E-state index in [1.54, 1.807) is 0 Å². The molecule has 1 unspecified atom stereocenters. The molecule has 0 aliphatic heterocycles. The van der Waals surface area contributed by atoms with Crippen LogP contribution in [0, 0.1) is 15.9 Å². The van der Waals surface area contributed by atoms with Crippen LogP contribution in [0.4, 0.5) is 4.39 Å². The summed E-state index contributed by atoms with van der Waals surface area (Å²) in [6, 6.07) is 3.60. The Bertz CT molecular complexity index is 518. The van der Waals surface area contributed by atoms with Crippen molar-refractivity contribution in [2.45, 2.75) is 31.7 Å². The Kier molecular flexibility index (Phi) is 4.47. The number of rotatable bonds is 5. The third-order valence-corrected chi connectivity index (χ3v) is 3.15. The lowest BCUT2D eigenvalue weighted by molar-refractivity contribution is -0.561. The lowest BCUT2D eigenvalue weighted by Gasteiger charge is -2.20. The molecule has 0 amide bonds. The molecule has 104 valence electrons. The van der Waals surface area contributed by atoms with Crippen molar-refractivity contribution in [1.29, 1.82) is 0 Å². The van der Waals surface area contributed by atoms with Crippen molar-refractivity contribution in [1.82, 2.24) is 0 Å². The zero-order chi connectivity index (χ0) is 14.8. The summed E-state index contributed by atoms with van der Waals surface area (Å²) in [7, 11) is 0. The first-order valence-electron chi connectivity index (χ1n) is 5.47. The summed E-state index contributed by atoms with van der Waals surface area (Å²) in [6.45, 7) is 2.66. The van der Waals surface area contributed by atoms with Crippen LogP contribution >= 0.6 is 11.6 Å². The molecule has 0 spiro atoms. The molecule has 0 aliphatic carbocycles. The third kappa shape index (κ3) is 3.64. The summed E-state index contributed by atoms with van der Waals surface area (Å²) >= 11 is 5.52. The highest BCUT2D eigenvalue weighted by atomic mass is 35.5. The molecule has 5 nitrogen and oxygen atoms in total. The number of carboxylic acids is 1. The summed E-state index contributed by atoms with van der Waals surface area (Å²) < 4.78 is 13.3. The minimum Gasteiger partial charge on any atom is -0.481 e. The van der Waals surface area contributed by atoms with Crippen LogP contribution in [0.3, 0.4) is 0 Å². The molecule has 0 saturated heterocycles. The molecular formula is C12H13ClFNO4. The lowest BCUT2D eigenvalue weighted by Crippen LogP contribution is -2.34. The van der Waals surface area contributed by atoms with Gasteiger partial charge in [-0.2, -0.15) is 0 Å². The summed E-state index contributed by atoms with van der Waals surface area (Å²) in [4.78, 5) is 21.5. The lowest BCUT2D eigenvalue weighted by atomic mass is 9.86. The summed E-state index contributed by atoms with van der Waals surface area (Å²) in [5.74, 6) is -3.15.